The molecule has 116 valence electrons. The van der Waals surface area contributed by atoms with Gasteiger partial charge >= 0.3 is 0 Å². The van der Waals surface area contributed by atoms with Crippen molar-refractivity contribution in [2.24, 2.45) is 0 Å². The van der Waals surface area contributed by atoms with E-state index >= 15 is 0 Å². The standard InChI is InChI=1S/C15H20F2N2O2/c1-18-14-10(16)7-9(8-11(14)17)15(21)19-12-5-3-2-4-6-13(12)20/h7-8,12-13,18,20H,2-6H2,1H3,(H,19,21). The summed E-state index contributed by atoms with van der Waals surface area (Å²) in [5.41, 5.74) is -0.346. The van der Waals surface area contributed by atoms with E-state index in [1.807, 2.05) is 0 Å². The molecule has 2 unspecified atom stereocenters. The van der Waals surface area contributed by atoms with Crippen molar-refractivity contribution in [1.29, 1.82) is 0 Å². The lowest BCUT2D eigenvalue weighted by molar-refractivity contribution is 0.0818. The second-order valence-corrected chi connectivity index (χ2v) is 5.35. The third kappa shape index (κ3) is 3.69. The molecule has 0 aliphatic heterocycles. The number of nitrogens with one attached hydrogen (secondary N) is 2. The summed E-state index contributed by atoms with van der Waals surface area (Å²) >= 11 is 0. The predicted octanol–water partition coefficient (Wildman–Crippen LogP) is 2.43. The van der Waals surface area contributed by atoms with Crippen LogP contribution in [0.3, 0.4) is 0 Å². The zero-order chi connectivity index (χ0) is 15.4. The molecule has 21 heavy (non-hydrogen) atoms. The molecule has 1 aromatic carbocycles. The fourth-order valence-electron chi connectivity index (χ4n) is 2.65. The average molecular weight is 298 g/mol. The van der Waals surface area contributed by atoms with Crippen LogP contribution in [0.1, 0.15) is 42.5 Å². The van der Waals surface area contributed by atoms with Gasteiger partial charge in [0.05, 0.1) is 12.1 Å². The van der Waals surface area contributed by atoms with E-state index in [0.29, 0.717) is 12.8 Å². The Morgan fingerprint density at radius 2 is 1.81 bits per heavy atom. The van der Waals surface area contributed by atoms with E-state index in [4.69, 9.17) is 0 Å². The van der Waals surface area contributed by atoms with E-state index in [0.717, 1.165) is 31.4 Å². The van der Waals surface area contributed by atoms with Gasteiger partial charge in [0.1, 0.15) is 17.3 Å². The molecule has 0 bridgehead atoms. The minimum Gasteiger partial charge on any atom is -0.391 e. The lowest BCUT2D eigenvalue weighted by atomic mass is 10.1. The number of aliphatic hydroxyl groups excluding tert-OH is 1. The van der Waals surface area contributed by atoms with Crippen LogP contribution in [0.15, 0.2) is 12.1 Å². The van der Waals surface area contributed by atoms with Gasteiger partial charge in [-0.15, -0.1) is 0 Å². The number of rotatable bonds is 3. The van der Waals surface area contributed by atoms with E-state index in [1.165, 1.54) is 7.05 Å². The Morgan fingerprint density at radius 1 is 1.19 bits per heavy atom. The van der Waals surface area contributed by atoms with Crippen LogP contribution in [0.4, 0.5) is 14.5 Å². The zero-order valence-corrected chi connectivity index (χ0v) is 12.0. The third-order valence-electron chi connectivity index (χ3n) is 3.85. The Balaban J connectivity index is 2.13. The van der Waals surface area contributed by atoms with Crippen LogP contribution < -0.4 is 10.6 Å². The Hall–Kier alpha value is -1.69. The molecule has 1 saturated carbocycles. The second-order valence-electron chi connectivity index (χ2n) is 5.35. The van der Waals surface area contributed by atoms with Gasteiger partial charge < -0.3 is 15.7 Å². The maximum absolute atomic E-state index is 13.7. The summed E-state index contributed by atoms with van der Waals surface area (Å²) in [6.07, 6.45) is 3.56. The molecule has 0 radical (unpaired) electrons. The Bertz CT molecular complexity index is 499. The van der Waals surface area contributed by atoms with Gasteiger partial charge in [-0.3, -0.25) is 4.79 Å². The topological polar surface area (TPSA) is 61.4 Å². The summed E-state index contributed by atoms with van der Waals surface area (Å²) in [5.74, 6) is -2.20. The summed E-state index contributed by atoms with van der Waals surface area (Å²) in [6, 6.07) is 1.62. The number of anilines is 1. The number of carbonyl (C=O) groups excluding carboxylic acids is 1. The number of amides is 1. The average Bonchev–Trinajstić information content (AvgIpc) is 2.63. The van der Waals surface area contributed by atoms with Gasteiger partial charge in [-0.05, 0) is 25.0 Å². The van der Waals surface area contributed by atoms with Gasteiger partial charge in [-0.2, -0.15) is 0 Å². The van der Waals surface area contributed by atoms with E-state index in [2.05, 4.69) is 10.6 Å². The number of hydrogen-bond acceptors (Lipinski definition) is 3. The van der Waals surface area contributed by atoms with E-state index < -0.39 is 23.6 Å². The third-order valence-corrected chi connectivity index (χ3v) is 3.85. The van der Waals surface area contributed by atoms with Crippen molar-refractivity contribution in [3.63, 3.8) is 0 Å². The molecule has 0 saturated heterocycles. The zero-order valence-electron chi connectivity index (χ0n) is 12.0. The monoisotopic (exact) mass is 298 g/mol. The van der Waals surface area contributed by atoms with Gasteiger partial charge in [0.15, 0.2) is 0 Å². The summed E-state index contributed by atoms with van der Waals surface area (Å²) in [4.78, 5) is 12.1. The van der Waals surface area contributed by atoms with Crippen LogP contribution >= 0.6 is 0 Å². The van der Waals surface area contributed by atoms with Crippen LogP contribution in [0.25, 0.3) is 0 Å². The van der Waals surface area contributed by atoms with Gasteiger partial charge in [0.2, 0.25) is 0 Å². The first-order valence-electron chi connectivity index (χ1n) is 7.18. The van der Waals surface area contributed by atoms with Crippen molar-refractivity contribution in [1.82, 2.24) is 5.32 Å². The SMILES string of the molecule is CNc1c(F)cc(C(=O)NC2CCCCCC2O)cc1F. The molecule has 0 heterocycles. The molecule has 1 aromatic rings. The maximum Gasteiger partial charge on any atom is 0.251 e. The first-order valence-corrected chi connectivity index (χ1v) is 7.18. The lowest BCUT2D eigenvalue weighted by Gasteiger charge is -2.22. The molecular formula is C15H20F2N2O2. The summed E-state index contributed by atoms with van der Waals surface area (Å²) in [7, 11) is 1.41. The minimum absolute atomic E-state index is 0.0829. The van der Waals surface area contributed by atoms with E-state index in [9.17, 15) is 18.7 Å². The number of hydrogen-bond donors (Lipinski definition) is 3. The number of aliphatic hydroxyl groups is 1. The molecule has 4 nitrogen and oxygen atoms in total. The molecule has 1 aliphatic carbocycles. The van der Waals surface area contributed by atoms with Gasteiger partial charge in [0.25, 0.3) is 5.91 Å². The fraction of sp³-hybridized carbons (Fsp3) is 0.533. The first kappa shape index (κ1) is 15.7. The summed E-state index contributed by atoms with van der Waals surface area (Å²) in [5, 5.41) is 15.0. The van der Waals surface area contributed by atoms with E-state index in [1.54, 1.807) is 0 Å². The molecule has 3 N–H and O–H groups in total. The second kappa shape index (κ2) is 6.85. The van der Waals surface area contributed by atoms with Crippen LogP contribution in [0, 0.1) is 11.6 Å². The number of benzene rings is 1. The summed E-state index contributed by atoms with van der Waals surface area (Å²) in [6.45, 7) is 0. The Morgan fingerprint density at radius 3 is 2.43 bits per heavy atom. The highest BCUT2D eigenvalue weighted by molar-refractivity contribution is 5.94. The molecule has 0 spiro atoms. The molecule has 1 aliphatic rings. The normalized spacial score (nSPS) is 22.5. The molecule has 2 atom stereocenters. The highest BCUT2D eigenvalue weighted by Crippen LogP contribution is 2.22. The fourth-order valence-corrected chi connectivity index (χ4v) is 2.65. The van der Waals surface area contributed by atoms with Crippen LogP contribution in [-0.4, -0.2) is 30.2 Å². The van der Waals surface area contributed by atoms with Crippen molar-refractivity contribution in [3.8, 4) is 0 Å². The Kier molecular flexibility index (Phi) is 5.12. The smallest absolute Gasteiger partial charge is 0.251 e. The van der Waals surface area contributed by atoms with Gasteiger partial charge in [-0.25, -0.2) is 8.78 Å². The van der Waals surface area contributed by atoms with E-state index in [-0.39, 0.29) is 17.3 Å². The first-order chi connectivity index (χ1) is 10.0. The highest BCUT2D eigenvalue weighted by Gasteiger charge is 2.24. The van der Waals surface area contributed by atoms with Crippen molar-refractivity contribution < 1.29 is 18.7 Å². The lowest BCUT2D eigenvalue weighted by Crippen LogP contribution is -2.42. The number of carbonyl (C=O) groups is 1. The van der Waals surface area contributed by atoms with Crippen LogP contribution in [0.2, 0.25) is 0 Å². The quantitative estimate of drug-likeness (QED) is 0.751. The molecule has 6 heteroatoms. The largest absolute Gasteiger partial charge is 0.391 e. The summed E-state index contributed by atoms with van der Waals surface area (Å²) < 4.78 is 27.3. The molecule has 1 amide bonds. The van der Waals surface area contributed by atoms with Crippen molar-refractivity contribution in [2.45, 2.75) is 44.2 Å². The highest BCUT2D eigenvalue weighted by atomic mass is 19.1. The minimum atomic E-state index is -0.816. The molecule has 1 fully saturated rings. The Labute approximate surface area is 122 Å². The van der Waals surface area contributed by atoms with Crippen LogP contribution in [0.5, 0.6) is 0 Å². The van der Waals surface area contributed by atoms with Crippen molar-refractivity contribution in [3.05, 3.63) is 29.3 Å². The van der Waals surface area contributed by atoms with Crippen molar-refractivity contribution >= 4 is 11.6 Å². The molecule has 0 aromatic heterocycles. The number of halogens is 2. The maximum atomic E-state index is 13.7. The molecular weight excluding hydrogens is 278 g/mol. The predicted molar refractivity (Wildman–Crippen MR) is 76.3 cm³/mol. The van der Waals surface area contributed by atoms with Crippen LogP contribution in [-0.2, 0) is 0 Å². The van der Waals surface area contributed by atoms with Gasteiger partial charge in [0, 0.05) is 12.6 Å². The molecule has 2 rings (SSSR count). The van der Waals surface area contributed by atoms with Gasteiger partial charge in [-0.1, -0.05) is 19.3 Å². The van der Waals surface area contributed by atoms with Crippen molar-refractivity contribution in [2.75, 3.05) is 12.4 Å².